The number of amides is 2. The number of carbonyl (C=O) groups is 2. The first kappa shape index (κ1) is 17.8. The second kappa shape index (κ2) is 7.34. The highest BCUT2D eigenvalue weighted by Crippen LogP contribution is 2.23. The molecule has 0 spiro atoms. The topological polar surface area (TPSA) is 71.3 Å². The van der Waals surface area contributed by atoms with Crippen molar-refractivity contribution < 1.29 is 14.0 Å². The fourth-order valence-corrected chi connectivity index (χ4v) is 2.37. The predicted molar refractivity (Wildman–Crippen MR) is 92.9 cm³/mol. The van der Waals surface area contributed by atoms with E-state index >= 15 is 0 Å². The molecule has 1 heterocycles. The number of hydrogen-bond donors (Lipinski definition) is 2. The average Bonchev–Trinajstić information content (AvgIpc) is 3.07. The molecule has 5 heteroatoms. The van der Waals surface area contributed by atoms with Crippen LogP contribution in [0.15, 0.2) is 47.1 Å². The minimum atomic E-state index is -0.643. The third-order valence-corrected chi connectivity index (χ3v) is 3.99. The van der Waals surface area contributed by atoms with Gasteiger partial charge in [-0.05, 0) is 31.5 Å². The Bertz CT molecular complexity index is 705. The van der Waals surface area contributed by atoms with E-state index in [9.17, 15) is 9.59 Å². The van der Waals surface area contributed by atoms with Gasteiger partial charge in [-0.2, -0.15) is 0 Å². The Morgan fingerprint density at radius 3 is 2.58 bits per heavy atom. The molecular weight excluding hydrogens is 304 g/mol. The summed E-state index contributed by atoms with van der Waals surface area (Å²) >= 11 is 0. The summed E-state index contributed by atoms with van der Waals surface area (Å²) < 4.78 is 5.02. The summed E-state index contributed by atoms with van der Waals surface area (Å²) in [5, 5.41) is 5.53. The first-order valence-electron chi connectivity index (χ1n) is 7.99. The van der Waals surface area contributed by atoms with Gasteiger partial charge in [0.1, 0.15) is 6.04 Å². The van der Waals surface area contributed by atoms with E-state index in [1.807, 2.05) is 19.1 Å². The van der Waals surface area contributed by atoms with Crippen molar-refractivity contribution in [2.75, 3.05) is 6.54 Å². The van der Waals surface area contributed by atoms with Gasteiger partial charge in [-0.15, -0.1) is 0 Å². The molecule has 5 nitrogen and oxygen atoms in total. The summed E-state index contributed by atoms with van der Waals surface area (Å²) in [6, 6.07) is 10.8. The van der Waals surface area contributed by atoms with Crippen LogP contribution in [-0.4, -0.2) is 24.4 Å². The van der Waals surface area contributed by atoms with Crippen LogP contribution in [0.1, 0.15) is 42.5 Å². The van der Waals surface area contributed by atoms with E-state index in [1.54, 1.807) is 19.1 Å². The standard InChI is InChI=1S/C19H24N2O3/c1-13-7-5-8-15(11-13)19(3,4)12-20-17(22)14(2)21-18(23)16-9-6-10-24-16/h5-11,14H,12H2,1-4H3,(H,20,22)(H,21,23)/t14-/m1/s1. The molecule has 0 aliphatic carbocycles. The van der Waals surface area contributed by atoms with Crippen molar-refractivity contribution in [1.82, 2.24) is 10.6 Å². The molecule has 1 aromatic heterocycles. The van der Waals surface area contributed by atoms with Crippen LogP contribution in [0.5, 0.6) is 0 Å². The minimum absolute atomic E-state index is 0.190. The molecule has 0 fully saturated rings. The van der Waals surface area contributed by atoms with Crippen LogP contribution in [0, 0.1) is 6.92 Å². The Kier molecular flexibility index (Phi) is 5.44. The van der Waals surface area contributed by atoms with Gasteiger partial charge in [-0.1, -0.05) is 43.7 Å². The lowest BCUT2D eigenvalue weighted by Gasteiger charge is -2.27. The summed E-state index contributed by atoms with van der Waals surface area (Å²) in [4.78, 5) is 24.1. The summed E-state index contributed by atoms with van der Waals surface area (Å²) in [7, 11) is 0. The molecule has 0 saturated heterocycles. The number of nitrogens with one attached hydrogen (secondary N) is 2. The van der Waals surface area contributed by atoms with Crippen molar-refractivity contribution in [1.29, 1.82) is 0 Å². The van der Waals surface area contributed by atoms with Gasteiger partial charge in [0.2, 0.25) is 5.91 Å². The minimum Gasteiger partial charge on any atom is -0.459 e. The summed E-state index contributed by atoms with van der Waals surface area (Å²) in [6.07, 6.45) is 1.42. The fourth-order valence-electron chi connectivity index (χ4n) is 2.37. The molecule has 2 amide bonds. The van der Waals surface area contributed by atoms with E-state index < -0.39 is 11.9 Å². The van der Waals surface area contributed by atoms with Crippen LogP contribution in [0.2, 0.25) is 0 Å². The van der Waals surface area contributed by atoms with Gasteiger partial charge in [-0.25, -0.2) is 0 Å². The van der Waals surface area contributed by atoms with Gasteiger partial charge >= 0.3 is 0 Å². The maximum absolute atomic E-state index is 12.2. The van der Waals surface area contributed by atoms with E-state index in [1.165, 1.54) is 11.8 Å². The number of rotatable bonds is 6. The van der Waals surface area contributed by atoms with Crippen molar-refractivity contribution >= 4 is 11.8 Å². The molecule has 1 aromatic carbocycles. The zero-order valence-electron chi connectivity index (χ0n) is 14.6. The molecule has 2 rings (SSSR count). The monoisotopic (exact) mass is 328 g/mol. The van der Waals surface area contributed by atoms with Crippen molar-refractivity contribution in [3.63, 3.8) is 0 Å². The van der Waals surface area contributed by atoms with E-state index in [0.717, 1.165) is 5.56 Å². The van der Waals surface area contributed by atoms with E-state index in [-0.39, 0.29) is 17.1 Å². The zero-order valence-corrected chi connectivity index (χ0v) is 14.6. The lowest BCUT2D eigenvalue weighted by atomic mass is 9.84. The van der Waals surface area contributed by atoms with Crippen LogP contribution in [0.25, 0.3) is 0 Å². The largest absolute Gasteiger partial charge is 0.459 e. The van der Waals surface area contributed by atoms with Crippen LogP contribution in [0.4, 0.5) is 0 Å². The molecular formula is C19H24N2O3. The summed E-state index contributed by atoms with van der Waals surface area (Å²) in [5.41, 5.74) is 2.15. The second-order valence-corrected chi connectivity index (χ2v) is 6.64. The van der Waals surface area contributed by atoms with Gasteiger partial charge in [-0.3, -0.25) is 9.59 Å². The third kappa shape index (κ3) is 4.47. The van der Waals surface area contributed by atoms with Crippen molar-refractivity contribution in [2.45, 2.75) is 39.2 Å². The quantitative estimate of drug-likeness (QED) is 0.856. The number of furan rings is 1. The van der Waals surface area contributed by atoms with Crippen LogP contribution >= 0.6 is 0 Å². The molecule has 24 heavy (non-hydrogen) atoms. The molecule has 0 unspecified atom stereocenters. The van der Waals surface area contributed by atoms with Gasteiger partial charge in [0.15, 0.2) is 5.76 Å². The SMILES string of the molecule is Cc1cccc(C(C)(C)CNC(=O)[C@@H](C)NC(=O)c2ccco2)c1. The Balaban J connectivity index is 1.90. The second-order valence-electron chi connectivity index (χ2n) is 6.64. The predicted octanol–water partition coefficient (Wildman–Crippen LogP) is 2.80. The number of hydrogen-bond acceptors (Lipinski definition) is 3. The molecule has 0 aliphatic heterocycles. The highest BCUT2D eigenvalue weighted by molar-refractivity contribution is 5.95. The van der Waals surface area contributed by atoms with Crippen molar-refractivity contribution in [2.24, 2.45) is 0 Å². The molecule has 0 bridgehead atoms. The summed E-state index contributed by atoms with van der Waals surface area (Å²) in [6.45, 7) is 8.33. The Hall–Kier alpha value is -2.56. The highest BCUT2D eigenvalue weighted by atomic mass is 16.3. The maximum atomic E-state index is 12.2. The van der Waals surface area contributed by atoms with Crippen molar-refractivity contribution in [3.8, 4) is 0 Å². The van der Waals surface area contributed by atoms with E-state index in [4.69, 9.17) is 4.42 Å². The van der Waals surface area contributed by atoms with E-state index in [0.29, 0.717) is 6.54 Å². The van der Waals surface area contributed by atoms with Crippen molar-refractivity contribution in [3.05, 3.63) is 59.5 Å². The van der Waals surface area contributed by atoms with Gasteiger partial charge < -0.3 is 15.1 Å². The molecule has 0 saturated carbocycles. The first-order chi connectivity index (χ1) is 11.3. The maximum Gasteiger partial charge on any atom is 0.287 e. The first-order valence-corrected chi connectivity index (χ1v) is 7.99. The van der Waals surface area contributed by atoms with Crippen LogP contribution < -0.4 is 10.6 Å². The molecule has 0 aliphatic rings. The normalized spacial score (nSPS) is 12.5. The number of benzene rings is 1. The summed E-state index contributed by atoms with van der Waals surface area (Å²) in [5.74, 6) is -0.439. The number of carbonyl (C=O) groups excluding carboxylic acids is 2. The van der Waals surface area contributed by atoms with E-state index in [2.05, 4.69) is 36.6 Å². The highest BCUT2D eigenvalue weighted by Gasteiger charge is 2.24. The zero-order chi connectivity index (χ0) is 17.7. The Morgan fingerprint density at radius 2 is 1.96 bits per heavy atom. The molecule has 128 valence electrons. The lowest BCUT2D eigenvalue weighted by molar-refractivity contribution is -0.122. The Morgan fingerprint density at radius 1 is 1.21 bits per heavy atom. The molecule has 2 aromatic rings. The van der Waals surface area contributed by atoms with Crippen LogP contribution in [0.3, 0.4) is 0 Å². The fraction of sp³-hybridized carbons (Fsp3) is 0.368. The Labute approximate surface area is 142 Å². The average molecular weight is 328 g/mol. The number of aryl methyl sites for hydroxylation is 1. The smallest absolute Gasteiger partial charge is 0.287 e. The van der Waals surface area contributed by atoms with Gasteiger partial charge in [0.25, 0.3) is 5.91 Å². The molecule has 2 N–H and O–H groups in total. The van der Waals surface area contributed by atoms with Gasteiger partial charge in [0, 0.05) is 12.0 Å². The lowest BCUT2D eigenvalue weighted by Crippen LogP contribution is -2.47. The molecule has 1 atom stereocenters. The molecule has 0 radical (unpaired) electrons. The third-order valence-electron chi connectivity index (χ3n) is 3.99. The van der Waals surface area contributed by atoms with Gasteiger partial charge in [0.05, 0.1) is 6.26 Å². The van der Waals surface area contributed by atoms with Crippen LogP contribution in [-0.2, 0) is 10.2 Å².